The van der Waals surface area contributed by atoms with Crippen molar-refractivity contribution in [3.63, 3.8) is 0 Å². The molecule has 0 bridgehead atoms. The average molecular weight is 455 g/mol. The van der Waals surface area contributed by atoms with Gasteiger partial charge in [-0.2, -0.15) is 0 Å². The number of benzene rings is 2. The molecule has 2 aromatic heterocycles. The first-order valence-electron chi connectivity index (χ1n) is 10.9. The maximum atomic E-state index is 13.4. The largest absolute Gasteiger partial charge is 0.496 e. The van der Waals surface area contributed by atoms with E-state index in [-0.39, 0.29) is 5.91 Å². The van der Waals surface area contributed by atoms with E-state index < -0.39 is 11.4 Å². The standard InChI is InChI=1S/C27H22FN3O3/c1-33-23-12-15-29-17-22(23)18-4-8-20(9-5-18)27(13-16-34-24-3-2-14-30-25(24)27)31-26(32)19-6-10-21(28)11-7-19/h2-12,14-15,17H,13,16H2,1H3,(H,31,32)/t27-/m0/s1. The molecule has 1 aliphatic heterocycles. The Kier molecular flexibility index (Phi) is 5.67. The van der Waals surface area contributed by atoms with Gasteiger partial charge >= 0.3 is 0 Å². The van der Waals surface area contributed by atoms with Crippen LogP contribution in [0.1, 0.15) is 28.0 Å². The topological polar surface area (TPSA) is 73.3 Å². The van der Waals surface area contributed by atoms with Crippen molar-refractivity contribution in [2.75, 3.05) is 13.7 Å². The van der Waals surface area contributed by atoms with Gasteiger partial charge in [-0.1, -0.05) is 24.3 Å². The van der Waals surface area contributed by atoms with Crippen molar-refractivity contribution in [2.24, 2.45) is 0 Å². The van der Waals surface area contributed by atoms with Crippen molar-refractivity contribution in [1.29, 1.82) is 0 Å². The van der Waals surface area contributed by atoms with E-state index in [1.807, 2.05) is 36.4 Å². The van der Waals surface area contributed by atoms with Gasteiger partial charge < -0.3 is 14.8 Å². The van der Waals surface area contributed by atoms with Crippen LogP contribution in [0.25, 0.3) is 11.1 Å². The quantitative estimate of drug-likeness (QED) is 0.470. The molecule has 4 aromatic rings. The second-order valence-electron chi connectivity index (χ2n) is 7.97. The molecule has 0 saturated carbocycles. The van der Waals surface area contributed by atoms with E-state index in [1.165, 1.54) is 24.3 Å². The summed E-state index contributed by atoms with van der Waals surface area (Å²) in [5.41, 5.74) is 2.73. The summed E-state index contributed by atoms with van der Waals surface area (Å²) in [6.07, 6.45) is 5.60. The molecule has 1 aliphatic rings. The van der Waals surface area contributed by atoms with Crippen molar-refractivity contribution in [3.05, 3.63) is 108 Å². The molecule has 0 aliphatic carbocycles. The fraction of sp³-hybridized carbons (Fsp3) is 0.148. The minimum atomic E-state index is -0.919. The summed E-state index contributed by atoms with van der Waals surface area (Å²) in [6, 6.07) is 18.8. The van der Waals surface area contributed by atoms with Crippen LogP contribution < -0.4 is 14.8 Å². The Hall–Kier alpha value is -4.26. The van der Waals surface area contributed by atoms with Gasteiger partial charge in [0.05, 0.1) is 13.7 Å². The molecule has 2 aromatic carbocycles. The lowest BCUT2D eigenvalue weighted by Crippen LogP contribution is -2.50. The third-order valence-electron chi connectivity index (χ3n) is 6.03. The summed E-state index contributed by atoms with van der Waals surface area (Å²) >= 11 is 0. The molecule has 0 spiro atoms. The molecule has 170 valence electrons. The Morgan fingerprint density at radius 2 is 1.85 bits per heavy atom. The molecular formula is C27H22FN3O3. The van der Waals surface area contributed by atoms with Crippen LogP contribution in [0.15, 0.2) is 85.3 Å². The number of nitrogens with one attached hydrogen (secondary N) is 1. The highest BCUT2D eigenvalue weighted by atomic mass is 19.1. The van der Waals surface area contributed by atoms with Gasteiger partial charge in [0.15, 0.2) is 0 Å². The van der Waals surface area contributed by atoms with E-state index in [4.69, 9.17) is 9.47 Å². The molecule has 5 rings (SSSR count). The monoisotopic (exact) mass is 455 g/mol. The van der Waals surface area contributed by atoms with Crippen LogP contribution >= 0.6 is 0 Å². The highest BCUT2D eigenvalue weighted by molar-refractivity contribution is 5.95. The Bertz CT molecular complexity index is 1330. The predicted octanol–water partition coefficient (Wildman–Crippen LogP) is 4.75. The molecule has 34 heavy (non-hydrogen) atoms. The third kappa shape index (κ3) is 3.85. The first-order chi connectivity index (χ1) is 16.6. The number of rotatable bonds is 5. The normalized spacial score (nSPS) is 16.8. The number of methoxy groups -OCH3 is 1. The molecule has 7 heteroatoms. The Labute approximate surface area is 196 Å². The van der Waals surface area contributed by atoms with Gasteiger partial charge in [-0.3, -0.25) is 14.8 Å². The van der Waals surface area contributed by atoms with Gasteiger partial charge in [-0.05, 0) is 53.6 Å². The number of fused-ring (bicyclic) bond motifs is 1. The minimum absolute atomic E-state index is 0.323. The van der Waals surface area contributed by atoms with Gasteiger partial charge in [0.2, 0.25) is 0 Å². The Morgan fingerprint density at radius 3 is 2.62 bits per heavy atom. The molecule has 0 saturated heterocycles. The molecule has 0 radical (unpaired) electrons. The lowest BCUT2D eigenvalue weighted by Gasteiger charge is -2.39. The van der Waals surface area contributed by atoms with Crippen molar-refractivity contribution in [1.82, 2.24) is 15.3 Å². The zero-order valence-electron chi connectivity index (χ0n) is 18.5. The highest BCUT2D eigenvalue weighted by Crippen LogP contribution is 2.41. The predicted molar refractivity (Wildman–Crippen MR) is 125 cm³/mol. The summed E-state index contributed by atoms with van der Waals surface area (Å²) < 4.78 is 24.7. The lowest BCUT2D eigenvalue weighted by molar-refractivity contribution is 0.0883. The number of halogens is 1. The van der Waals surface area contributed by atoms with Crippen LogP contribution in [0.5, 0.6) is 11.5 Å². The summed E-state index contributed by atoms with van der Waals surface area (Å²) in [4.78, 5) is 22.1. The number of amides is 1. The molecule has 0 unspecified atom stereocenters. The van der Waals surface area contributed by atoms with E-state index >= 15 is 0 Å². The van der Waals surface area contributed by atoms with Crippen LogP contribution in [0.4, 0.5) is 4.39 Å². The second kappa shape index (κ2) is 8.94. The van der Waals surface area contributed by atoms with Gasteiger partial charge in [0.1, 0.15) is 28.5 Å². The third-order valence-corrected chi connectivity index (χ3v) is 6.03. The van der Waals surface area contributed by atoms with Crippen molar-refractivity contribution in [3.8, 4) is 22.6 Å². The van der Waals surface area contributed by atoms with Crippen LogP contribution in [-0.2, 0) is 5.54 Å². The lowest BCUT2D eigenvalue weighted by atomic mass is 9.80. The number of ether oxygens (including phenoxy) is 2. The van der Waals surface area contributed by atoms with E-state index in [2.05, 4.69) is 15.3 Å². The van der Waals surface area contributed by atoms with Crippen molar-refractivity contribution >= 4 is 5.91 Å². The van der Waals surface area contributed by atoms with E-state index in [1.54, 1.807) is 31.8 Å². The summed E-state index contributed by atoms with van der Waals surface area (Å²) in [7, 11) is 1.62. The van der Waals surface area contributed by atoms with Gasteiger partial charge in [0.25, 0.3) is 5.91 Å². The summed E-state index contributed by atoms with van der Waals surface area (Å²) in [5, 5.41) is 3.18. The van der Waals surface area contributed by atoms with E-state index in [0.29, 0.717) is 30.0 Å². The number of aromatic nitrogens is 2. The molecule has 1 N–H and O–H groups in total. The SMILES string of the molecule is COc1ccncc1-c1ccc([C@@]2(NC(=O)c3ccc(F)cc3)CCOc3cccnc32)cc1. The fourth-order valence-electron chi connectivity index (χ4n) is 4.31. The average Bonchev–Trinajstić information content (AvgIpc) is 2.89. The fourth-order valence-corrected chi connectivity index (χ4v) is 4.31. The van der Waals surface area contributed by atoms with Crippen LogP contribution in [0.2, 0.25) is 0 Å². The first-order valence-corrected chi connectivity index (χ1v) is 10.9. The van der Waals surface area contributed by atoms with Gasteiger partial charge in [-0.15, -0.1) is 0 Å². The number of hydrogen-bond acceptors (Lipinski definition) is 5. The molecule has 1 amide bonds. The molecular weight excluding hydrogens is 433 g/mol. The van der Waals surface area contributed by atoms with Crippen LogP contribution in [0.3, 0.4) is 0 Å². The van der Waals surface area contributed by atoms with Gasteiger partial charge in [0, 0.05) is 36.1 Å². The number of carbonyl (C=O) groups excluding carboxylic acids is 1. The van der Waals surface area contributed by atoms with Crippen molar-refractivity contribution < 1.29 is 18.7 Å². The molecule has 0 fully saturated rings. The minimum Gasteiger partial charge on any atom is -0.496 e. The number of nitrogens with zero attached hydrogens (tertiary/aromatic N) is 2. The van der Waals surface area contributed by atoms with E-state index in [0.717, 1.165) is 22.4 Å². The zero-order valence-corrected chi connectivity index (χ0v) is 18.5. The molecule has 6 nitrogen and oxygen atoms in total. The Balaban J connectivity index is 1.58. The van der Waals surface area contributed by atoms with Crippen molar-refractivity contribution in [2.45, 2.75) is 12.0 Å². The summed E-state index contributed by atoms with van der Waals surface area (Å²) in [6.45, 7) is 0.403. The Morgan fingerprint density at radius 1 is 1.06 bits per heavy atom. The first kappa shape index (κ1) is 21.6. The number of hydrogen-bond donors (Lipinski definition) is 1. The van der Waals surface area contributed by atoms with Crippen LogP contribution in [0, 0.1) is 5.82 Å². The van der Waals surface area contributed by atoms with Crippen LogP contribution in [-0.4, -0.2) is 29.6 Å². The second-order valence-corrected chi connectivity index (χ2v) is 7.97. The molecule has 3 heterocycles. The maximum absolute atomic E-state index is 13.4. The smallest absolute Gasteiger partial charge is 0.252 e. The summed E-state index contributed by atoms with van der Waals surface area (Å²) in [5.74, 6) is 0.619. The number of carbonyl (C=O) groups is 1. The number of pyridine rings is 2. The molecule has 1 atom stereocenters. The van der Waals surface area contributed by atoms with E-state index in [9.17, 15) is 9.18 Å². The van der Waals surface area contributed by atoms with Gasteiger partial charge in [-0.25, -0.2) is 4.39 Å². The zero-order chi connectivity index (χ0) is 23.5. The highest BCUT2D eigenvalue weighted by Gasteiger charge is 2.42. The maximum Gasteiger partial charge on any atom is 0.252 e.